The highest BCUT2D eigenvalue weighted by atomic mass is 16.4. The van der Waals surface area contributed by atoms with Gasteiger partial charge in [-0.05, 0) is 32.1 Å². The molecule has 0 unspecified atom stereocenters. The fourth-order valence-corrected chi connectivity index (χ4v) is 1.74. The third kappa shape index (κ3) is 16.5. The molecule has 0 amide bonds. The highest BCUT2D eigenvalue weighted by molar-refractivity contribution is 5.66. The predicted molar refractivity (Wildman–Crippen MR) is 98.7 cm³/mol. The van der Waals surface area contributed by atoms with Gasteiger partial charge >= 0.3 is 5.97 Å². The SMILES string of the molecule is CC[C@@H](O)/C=C/C=C\C/C=C\C/C=C/C=C\[C@@H](O)CCCC(=O)O. The number of aliphatic hydroxyl groups excluding tert-OH is 2. The van der Waals surface area contributed by atoms with Gasteiger partial charge in [0.15, 0.2) is 0 Å². The number of rotatable bonds is 13. The number of allylic oxidation sites excluding steroid dienone is 8. The fourth-order valence-electron chi connectivity index (χ4n) is 1.74. The van der Waals surface area contributed by atoms with E-state index in [1.54, 1.807) is 18.2 Å². The molecule has 0 rings (SSSR count). The van der Waals surface area contributed by atoms with Crippen LogP contribution in [0.15, 0.2) is 60.8 Å². The zero-order chi connectivity index (χ0) is 18.0. The molecule has 0 aromatic heterocycles. The van der Waals surface area contributed by atoms with Crippen molar-refractivity contribution in [2.75, 3.05) is 0 Å². The van der Waals surface area contributed by atoms with E-state index in [1.165, 1.54) is 0 Å². The number of carboxylic acids is 1. The van der Waals surface area contributed by atoms with Gasteiger partial charge in [0.2, 0.25) is 0 Å². The first-order valence-corrected chi connectivity index (χ1v) is 8.45. The Hall–Kier alpha value is -1.91. The van der Waals surface area contributed by atoms with Crippen LogP contribution in [-0.4, -0.2) is 33.5 Å². The average Bonchev–Trinajstić information content (AvgIpc) is 2.55. The summed E-state index contributed by atoms with van der Waals surface area (Å²) in [5.41, 5.74) is 0. The zero-order valence-electron chi connectivity index (χ0n) is 14.4. The van der Waals surface area contributed by atoms with Gasteiger partial charge in [-0.2, -0.15) is 0 Å². The van der Waals surface area contributed by atoms with Gasteiger partial charge in [0, 0.05) is 6.42 Å². The summed E-state index contributed by atoms with van der Waals surface area (Å²) in [5, 5.41) is 27.4. The first-order valence-electron chi connectivity index (χ1n) is 8.45. The van der Waals surface area contributed by atoms with Crippen molar-refractivity contribution in [3.8, 4) is 0 Å². The molecule has 0 saturated carbocycles. The van der Waals surface area contributed by atoms with E-state index in [1.807, 2.05) is 37.3 Å². The molecule has 4 heteroatoms. The third-order valence-corrected chi connectivity index (χ3v) is 3.18. The van der Waals surface area contributed by atoms with Crippen LogP contribution >= 0.6 is 0 Å². The minimum absolute atomic E-state index is 0.0922. The van der Waals surface area contributed by atoms with Gasteiger partial charge < -0.3 is 15.3 Å². The Labute approximate surface area is 145 Å². The minimum Gasteiger partial charge on any atom is -0.481 e. The van der Waals surface area contributed by atoms with Crippen LogP contribution < -0.4 is 0 Å². The molecule has 0 aromatic carbocycles. The van der Waals surface area contributed by atoms with Crippen molar-refractivity contribution in [3.63, 3.8) is 0 Å². The molecule has 0 aromatic rings. The smallest absolute Gasteiger partial charge is 0.303 e. The van der Waals surface area contributed by atoms with Gasteiger partial charge in [0.05, 0.1) is 12.2 Å². The van der Waals surface area contributed by atoms with Crippen molar-refractivity contribution in [1.82, 2.24) is 0 Å². The van der Waals surface area contributed by atoms with Crippen molar-refractivity contribution in [1.29, 1.82) is 0 Å². The molecule has 0 fully saturated rings. The number of carboxylic acid groups (broad SMARTS) is 1. The first-order chi connectivity index (χ1) is 11.6. The van der Waals surface area contributed by atoms with Crippen LogP contribution in [0.4, 0.5) is 0 Å². The van der Waals surface area contributed by atoms with Gasteiger partial charge in [0.25, 0.3) is 0 Å². The van der Waals surface area contributed by atoms with Crippen molar-refractivity contribution in [2.45, 2.75) is 57.7 Å². The van der Waals surface area contributed by atoms with E-state index >= 15 is 0 Å². The van der Waals surface area contributed by atoms with Gasteiger partial charge in [-0.15, -0.1) is 0 Å². The quantitative estimate of drug-likeness (QED) is 0.352. The average molecular weight is 334 g/mol. The second-order valence-corrected chi connectivity index (χ2v) is 5.40. The van der Waals surface area contributed by atoms with Gasteiger partial charge in [0.1, 0.15) is 0 Å². The standard InChI is InChI=1S/C20H30O4/c1-2-18(21)14-11-9-7-5-3-4-6-8-10-12-15-19(22)16-13-17-20(23)24/h3-4,7-12,14-15,18-19,21-22H,2,5-6,13,16-17H2,1H3,(H,23,24)/b4-3-,9-7-,10-8+,14-11+,15-12-/t18-,19-/m1/s1. The number of hydrogen-bond donors (Lipinski definition) is 3. The lowest BCUT2D eigenvalue weighted by molar-refractivity contribution is -0.137. The van der Waals surface area contributed by atoms with Gasteiger partial charge in [-0.1, -0.05) is 67.7 Å². The Morgan fingerprint density at radius 2 is 1.42 bits per heavy atom. The van der Waals surface area contributed by atoms with Crippen LogP contribution in [0, 0.1) is 0 Å². The summed E-state index contributed by atoms with van der Waals surface area (Å²) in [6.45, 7) is 1.93. The first kappa shape index (κ1) is 22.1. The van der Waals surface area contributed by atoms with Crippen molar-refractivity contribution < 1.29 is 20.1 Å². The molecule has 0 spiro atoms. The summed E-state index contributed by atoms with van der Waals surface area (Å²) in [6.07, 6.45) is 21.5. The zero-order valence-corrected chi connectivity index (χ0v) is 14.4. The van der Waals surface area contributed by atoms with E-state index in [0.29, 0.717) is 12.8 Å². The van der Waals surface area contributed by atoms with E-state index in [4.69, 9.17) is 5.11 Å². The van der Waals surface area contributed by atoms with Crippen LogP contribution in [0.1, 0.15) is 45.4 Å². The van der Waals surface area contributed by atoms with E-state index in [9.17, 15) is 15.0 Å². The molecule has 4 nitrogen and oxygen atoms in total. The summed E-state index contributed by atoms with van der Waals surface area (Å²) in [4.78, 5) is 10.3. The largest absolute Gasteiger partial charge is 0.481 e. The summed E-state index contributed by atoms with van der Waals surface area (Å²) < 4.78 is 0. The Morgan fingerprint density at radius 3 is 1.92 bits per heavy atom. The van der Waals surface area contributed by atoms with E-state index in [0.717, 1.165) is 19.3 Å². The normalized spacial score (nSPS) is 15.5. The molecule has 134 valence electrons. The third-order valence-electron chi connectivity index (χ3n) is 3.18. The summed E-state index contributed by atoms with van der Waals surface area (Å²) >= 11 is 0. The lowest BCUT2D eigenvalue weighted by Crippen LogP contribution is -2.03. The summed E-state index contributed by atoms with van der Waals surface area (Å²) in [5.74, 6) is -0.831. The van der Waals surface area contributed by atoms with Crippen molar-refractivity contribution in [3.05, 3.63) is 60.8 Å². The fraction of sp³-hybridized carbons (Fsp3) is 0.450. The molecule has 0 aliphatic carbocycles. The summed E-state index contributed by atoms with van der Waals surface area (Å²) in [6, 6.07) is 0. The molecule has 0 heterocycles. The van der Waals surface area contributed by atoms with Crippen LogP contribution in [-0.2, 0) is 4.79 Å². The van der Waals surface area contributed by atoms with E-state index in [-0.39, 0.29) is 12.5 Å². The second kappa shape index (κ2) is 16.0. The van der Waals surface area contributed by atoms with Crippen LogP contribution in [0.25, 0.3) is 0 Å². The second-order valence-electron chi connectivity index (χ2n) is 5.40. The maximum absolute atomic E-state index is 10.3. The highest BCUT2D eigenvalue weighted by Crippen LogP contribution is 2.02. The molecule has 0 saturated heterocycles. The number of aliphatic carboxylic acids is 1. The molecule has 0 bridgehead atoms. The number of aliphatic hydroxyl groups is 2. The Morgan fingerprint density at radius 1 is 0.875 bits per heavy atom. The predicted octanol–water partition coefficient (Wildman–Crippen LogP) is 3.93. The van der Waals surface area contributed by atoms with Crippen LogP contribution in [0.2, 0.25) is 0 Å². The lowest BCUT2D eigenvalue weighted by Gasteiger charge is -2.02. The Balaban J connectivity index is 3.73. The Kier molecular flexibility index (Phi) is 14.7. The molecule has 0 radical (unpaired) electrons. The van der Waals surface area contributed by atoms with Gasteiger partial charge in [-0.25, -0.2) is 0 Å². The van der Waals surface area contributed by atoms with Gasteiger partial charge in [-0.3, -0.25) is 4.79 Å². The number of carbonyl (C=O) groups is 1. The highest BCUT2D eigenvalue weighted by Gasteiger charge is 2.01. The minimum atomic E-state index is -0.831. The summed E-state index contributed by atoms with van der Waals surface area (Å²) in [7, 11) is 0. The molecule has 0 aliphatic heterocycles. The molecular formula is C20H30O4. The topological polar surface area (TPSA) is 77.8 Å². The molecule has 3 N–H and O–H groups in total. The van der Waals surface area contributed by atoms with Crippen LogP contribution in [0.5, 0.6) is 0 Å². The molecule has 0 aliphatic rings. The van der Waals surface area contributed by atoms with E-state index < -0.39 is 12.1 Å². The van der Waals surface area contributed by atoms with Crippen molar-refractivity contribution >= 4 is 5.97 Å². The maximum atomic E-state index is 10.3. The maximum Gasteiger partial charge on any atom is 0.303 e. The monoisotopic (exact) mass is 334 g/mol. The van der Waals surface area contributed by atoms with Crippen molar-refractivity contribution in [2.24, 2.45) is 0 Å². The lowest BCUT2D eigenvalue weighted by atomic mass is 10.1. The number of hydrogen-bond acceptors (Lipinski definition) is 3. The molecular weight excluding hydrogens is 304 g/mol. The Bertz CT molecular complexity index is 458. The molecule has 24 heavy (non-hydrogen) atoms. The van der Waals surface area contributed by atoms with Crippen LogP contribution in [0.3, 0.4) is 0 Å². The van der Waals surface area contributed by atoms with E-state index in [2.05, 4.69) is 12.2 Å². The molecule has 2 atom stereocenters.